The van der Waals surface area contributed by atoms with E-state index in [0.717, 1.165) is 77.4 Å². The number of hydrogen-bond acceptors (Lipinski definition) is 6. The van der Waals surface area contributed by atoms with Gasteiger partial charge in [-0.3, -0.25) is 4.79 Å². The highest BCUT2D eigenvalue weighted by molar-refractivity contribution is 7.87. The summed E-state index contributed by atoms with van der Waals surface area (Å²) in [5.41, 5.74) is 5.44. The largest absolute Gasteiger partial charge is 0.497 e. The summed E-state index contributed by atoms with van der Waals surface area (Å²) >= 11 is 0. The zero-order valence-electron chi connectivity index (χ0n) is 28.3. The molecule has 2 N–H and O–H groups in total. The molecule has 3 aliphatic heterocycles. The number of amides is 3. The summed E-state index contributed by atoms with van der Waals surface area (Å²) in [6, 6.07) is 12.4. The van der Waals surface area contributed by atoms with E-state index < -0.39 is 21.7 Å². The lowest BCUT2D eigenvalue weighted by Gasteiger charge is -2.40. The minimum atomic E-state index is -3.96. The minimum Gasteiger partial charge on any atom is -0.497 e. The van der Waals surface area contributed by atoms with Crippen molar-refractivity contribution < 1.29 is 22.7 Å². The van der Waals surface area contributed by atoms with Crippen LogP contribution in [0.2, 0.25) is 0 Å². The lowest BCUT2D eigenvalue weighted by Crippen LogP contribution is -2.59. The van der Waals surface area contributed by atoms with Gasteiger partial charge in [-0.1, -0.05) is 25.3 Å². The number of nitrogens with one attached hydrogen (secondary N) is 2. The molecule has 12 heteroatoms. The van der Waals surface area contributed by atoms with Crippen LogP contribution >= 0.6 is 0 Å². The van der Waals surface area contributed by atoms with Crippen LogP contribution in [0.5, 0.6) is 5.75 Å². The van der Waals surface area contributed by atoms with Gasteiger partial charge in [-0.25, -0.2) is 9.52 Å². The monoisotopic (exact) mass is 674 g/mol. The first kappa shape index (κ1) is 31.6. The van der Waals surface area contributed by atoms with E-state index in [2.05, 4.69) is 43.6 Å². The normalized spacial score (nSPS) is 26.9. The number of nitrogens with zero attached hydrogens (tertiary/aromatic N) is 4. The number of aromatic nitrogens is 1. The minimum absolute atomic E-state index is 0.0175. The third-order valence-corrected chi connectivity index (χ3v) is 13.1. The van der Waals surface area contributed by atoms with E-state index in [1.807, 2.05) is 18.2 Å². The molecule has 4 fully saturated rings. The van der Waals surface area contributed by atoms with Gasteiger partial charge in [-0.2, -0.15) is 12.7 Å². The van der Waals surface area contributed by atoms with Crippen LogP contribution in [0.15, 0.2) is 36.4 Å². The van der Waals surface area contributed by atoms with Crippen LogP contribution in [-0.2, 0) is 16.8 Å². The maximum atomic E-state index is 14.2. The Morgan fingerprint density at radius 1 is 0.979 bits per heavy atom. The molecule has 2 aliphatic carbocycles. The van der Waals surface area contributed by atoms with Crippen LogP contribution in [0.3, 0.4) is 0 Å². The number of carbonyl (C=O) groups excluding carboxylic acids is 2. The smallest absolute Gasteiger partial charge is 0.318 e. The van der Waals surface area contributed by atoms with E-state index in [0.29, 0.717) is 12.5 Å². The lowest BCUT2D eigenvalue weighted by molar-refractivity contribution is 0.0978. The van der Waals surface area contributed by atoms with Gasteiger partial charge >= 0.3 is 16.2 Å². The summed E-state index contributed by atoms with van der Waals surface area (Å²) in [5.74, 6) is 0.601. The molecule has 0 spiro atoms. The van der Waals surface area contributed by atoms with Crippen LogP contribution in [0.25, 0.3) is 22.2 Å². The van der Waals surface area contributed by atoms with Crippen LogP contribution in [0, 0.1) is 0 Å². The van der Waals surface area contributed by atoms with Gasteiger partial charge in [0.05, 0.1) is 18.3 Å². The van der Waals surface area contributed by atoms with Gasteiger partial charge in [0, 0.05) is 73.8 Å². The summed E-state index contributed by atoms with van der Waals surface area (Å²) in [4.78, 5) is 32.0. The van der Waals surface area contributed by atoms with Crippen LogP contribution in [0.4, 0.5) is 4.79 Å². The molecular weight excluding hydrogens is 629 g/mol. The average molecular weight is 675 g/mol. The molecule has 1 aromatic heterocycles. The Kier molecular flexibility index (Phi) is 7.57. The fourth-order valence-electron chi connectivity index (χ4n) is 9.29. The zero-order valence-corrected chi connectivity index (χ0v) is 29.1. The zero-order chi connectivity index (χ0) is 33.5. The molecule has 0 radical (unpaired) electrons. The molecule has 4 heterocycles. The Hall–Kier alpha value is -3.61. The van der Waals surface area contributed by atoms with Gasteiger partial charge in [0.1, 0.15) is 5.75 Å². The lowest BCUT2D eigenvalue weighted by atomic mass is 9.81. The number of ether oxygens (including phenoxy) is 1. The van der Waals surface area contributed by atoms with Gasteiger partial charge in [0.25, 0.3) is 5.91 Å². The molecule has 4 atom stereocenters. The Bertz CT molecular complexity index is 1900. The molecule has 2 bridgehead atoms. The van der Waals surface area contributed by atoms with Crippen molar-refractivity contribution in [2.75, 3.05) is 41.3 Å². The van der Waals surface area contributed by atoms with Crippen LogP contribution in [-0.4, -0.2) is 98.0 Å². The molecule has 11 nitrogen and oxygen atoms in total. The van der Waals surface area contributed by atoms with Gasteiger partial charge in [0.15, 0.2) is 0 Å². The number of hydrogen-bond donors (Lipinski definition) is 2. The van der Waals surface area contributed by atoms with Crippen molar-refractivity contribution in [1.29, 1.82) is 0 Å². The summed E-state index contributed by atoms with van der Waals surface area (Å²) in [5, 5.41) is 4.68. The number of rotatable bonds is 6. The summed E-state index contributed by atoms with van der Waals surface area (Å²) in [6.45, 7) is 2.35. The average Bonchev–Trinajstić information content (AvgIpc) is 3.59. The van der Waals surface area contributed by atoms with E-state index in [1.165, 1.54) is 44.5 Å². The maximum absolute atomic E-state index is 14.2. The second-order valence-electron chi connectivity index (χ2n) is 14.9. The number of benzene rings is 2. The highest BCUT2D eigenvalue weighted by Gasteiger charge is 2.60. The van der Waals surface area contributed by atoms with Gasteiger partial charge in [-0.15, -0.1) is 0 Å². The SMILES string of the molecule is COc1ccc2c(c1)C1CC1(NC(=O)N1C3CCC1CN(C)C3)Cn1c-2c(C2CCCCC2)c2ccc(C(=O)NS(=O)(=O)N(C)C)cc21. The fourth-order valence-corrected chi connectivity index (χ4v) is 9.82. The van der Waals surface area contributed by atoms with Gasteiger partial charge in [-0.05, 0) is 86.5 Å². The van der Waals surface area contributed by atoms with Crippen molar-refractivity contribution >= 4 is 33.1 Å². The topological polar surface area (TPSA) is 116 Å². The summed E-state index contributed by atoms with van der Waals surface area (Å²) in [6.07, 6.45) is 8.64. The number of likely N-dealkylation sites (N-methyl/N-ethyl adjacent to an activating group) is 1. The predicted octanol–water partition coefficient (Wildman–Crippen LogP) is 4.63. The number of likely N-dealkylation sites (tertiary alicyclic amines) is 1. The molecule has 3 aromatic rings. The van der Waals surface area contributed by atoms with Crippen LogP contribution < -0.4 is 14.8 Å². The van der Waals surface area contributed by atoms with Crippen molar-refractivity contribution in [2.45, 2.75) is 87.4 Å². The highest BCUT2D eigenvalue weighted by atomic mass is 32.2. The third-order valence-electron chi connectivity index (χ3n) is 11.7. The van der Waals surface area contributed by atoms with E-state index in [4.69, 9.17) is 4.74 Å². The molecule has 2 saturated heterocycles. The van der Waals surface area contributed by atoms with Gasteiger partial charge in [0.2, 0.25) is 0 Å². The third kappa shape index (κ3) is 5.09. The Morgan fingerprint density at radius 3 is 2.40 bits per heavy atom. The first-order valence-electron chi connectivity index (χ1n) is 17.4. The predicted molar refractivity (Wildman–Crippen MR) is 185 cm³/mol. The van der Waals surface area contributed by atoms with Crippen molar-refractivity contribution in [3.63, 3.8) is 0 Å². The summed E-state index contributed by atoms with van der Waals surface area (Å²) in [7, 11) is 2.65. The molecule has 5 aliphatic rings. The number of urea groups is 1. The van der Waals surface area contributed by atoms with Crippen molar-refractivity contribution in [1.82, 2.24) is 28.7 Å². The molecular formula is C36H46N6O5S. The molecule has 3 amide bonds. The maximum Gasteiger partial charge on any atom is 0.318 e. The fraction of sp³-hybridized carbons (Fsp3) is 0.556. The Morgan fingerprint density at radius 2 is 1.71 bits per heavy atom. The van der Waals surface area contributed by atoms with Crippen LogP contribution in [0.1, 0.15) is 84.7 Å². The Labute approximate surface area is 282 Å². The second kappa shape index (κ2) is 11.5. The first-order valence-corrected chi connectivity index (χ1v) is 18.8. The molecule has 48 heavy (non-hydrogen) atoms. The number of carbonyl (C=O) groups is 2. The van der Waals surface area contributed by atoms with Crippen molar-refractivity contribution in [3.8, 4) is 17.0 Å². The van der Waals surface area contributed by atoms with E-state index in [1.54, 1.807) is 13.2 Å². The number of piperazine rings is 1. The van der Waals surface area contributed by atoms with Crippen molar-refractivity contribution in [2.24, 2.45) is 0 Å². The molecule has 2 aromatic carbocycles. The van der Waals surface area contributed by atoms with E-state index >= 15 is 0 Å². The second-order valence-corrected chi connectivity index (χ2v) is 16.8. The van der Waals surface area contributed by atoms with Gasteiger partial charge < -0.3 is 24.4 Å². The molecule has 8 rings (SSSR count). The first-order chi connectivity index (χ1) is 23.0. The Balaban J connectivity index is 1.27. The molecule has 4 unspecified atom stereocenters. The molecule has 2 saturated carbocycles. The van der Waals surface area contributed by atoms with E-state index in [-0.39, 0.29) is 29.6 Å². The number of methoxy groups -OCH3 is 1. The standard InChI is InChI=1S/C36H46N6O5S/c1-39(2)48(45,46)38-34(43)23-10-14-28-31(16-23)41-21-36(37-35(44)42-24-11-12-25(42)20-40(3)19-24)18-30(36)29-17-26(47-4)13-15-27(29)33(41)32(28)22-8-6-5-7-9-22/h10,13-17,22,24-25,30H,5-9,11-12,18-21H2,1-4H3,(H,37,44)(H,38,43). The number of fused-ring (bicyclic) bond motifs is 9. The summed E-state index contributed by atoms with van der Waals surface area (Å²) < 4.78 is 36.4. The molecule has 256 valence electrons. The van der Waals surface area contributed by atoms with Crippen molar-refractivity contribution in [3.05, 3.63) is 53.1 Å². The van der Waals surface area contributed by atoms with E-state index in [9.17, 15) is 18.0 Å². The quantitative estimate of drug-likeness (QED) is 0.394. The highest BCUT2D eigenvalue weighted by Crippen LogP contribution is 2.60.